The number of hydrogen-bond donors (Lipinski definition) is 4. The van der Waals surface area contributed by atoms with Gasteiger partial charge in [0, 0.05) is 30.9 Å². The van der Waals surface area contributed by atoms with Gasteiger partial charge in [0.25, 0.3) is 0 Å². The molecule has 3 rings (SSSR count). The van der Waals surface area contributed by atoms with Crippen LogP contribution >= 0.6 is 0 Å². The van der Waals surface area contributed by atoms with Crippen LogP contribution < -0.4 is 25.4 Å². The van der Waals surface area contributed by atoms with Crippen molar-refractivity contribution in [2.75, 3.05) is 51.3 Å². The van der Waals surface area contributed by atoms with Gasteiger partial charge in [-0.25, -0.2) is 8.42 Å². The van der Waals surface area contributed by atoms with Crippen molar-refractivity contribution in [1.29, 1.82) is 0 Å². The molecule has 1 saturated heterocycles. The number of carbonyl (C=O) groups is 3. The van der Waals surface area contributed by atoms with Crippen LogP contribution in [0.1, 0.15) is 12.5 Å². The zero-order valence-electron chi connectivity index (χ0n) is 22.1. The van der Waals surface area contributed by atoms with Crippen LogP contribution in [0.25, 0.3) is 0 Å². The third-order valence-electron chi connectivity index (χ3n) is 6.03. The fourth-order valence-electron chi connectivity index (χ4n) is 3.87. The number of rotatable bonds is 12. The van der Waals surface area contributed by atoms with Crippen molar-refractivity contribution < 1.29 is 37.5 Å². The smallest absolute Gasteiger partial charge is 0.326 e. The van der Waals surface area contributed by atoms with E-state index in [1.165, 1.54) is 36.3 Å². The Labute approximate surface area is 231 Å². The number of sulfonamides is 1. The average Bonchev–Trinajstić information content (AvgIpc) is 2.96. The summed E-state index contributed by atoms with van der Waals surface area (Å²) < 4.78 is 37.9. The van der Waals surface area contributed by atoms with Crippen molar-refractivity contribution in [2.24, 2.45) is 10.9 Å². The van der Waals surface area contributed by atoms with Gasteiger partial charge in [-0.15, -0.1) is 0 Å². The first-order valence-electron chi connectivity index (χ1n) is 12.3. The number of ether oxygens (including phenoxy) is 2. The van der Waals surface area contributed by atoms with E-state index in [2.05, 4.69) is 15.2 Å². The van der Waals surface area contributed by atoms with Gasteiger partial charge in [-0.3, -0.25) is 14.4 Å². The first-order chi connectivity index (χ1) is 19.1. The second-order valence-corrected chi connectivity index (χ2v) is 10.4. The fraction of sp³-hybridized carbons (Fsp3) is 0.360. The molecule has 2 amide bonds. The lowest BCUT2D eigenvalue weighted by Crippen LogP contribution is -2.54. The molecule has 14 nitrogen and oxygen atoms in total. The number of carbonyl (C=O) groups excluding carboxylic acids is 3. The lowest BCUT2D eigenvalue weighted by Gasteiger charge is -2.35. The van der Waals surface area contributed by atoms with E-state index in [0.717, 1.165) is 5.69 Å². The van der Waals surface area contributed by atoms with E-state index in [-0.39, 0.29) is 49.4 Å². The molecule has 5 N–H and O–H groups in total. The van der Waals surface area contributed by atoms with Crippen molar-refractivity contribution in [3.05, 3.63) is 54.1 Å². The summed E-state index contributed by atoms with van der Waals surface area (Å²) in [5, 5.41) is 14.2. The third kappa shape index (κ3) is 7.83. The largest absolute Gasteiger partial charge is 0.497 e. The standard InChI is InChI=1S/C25H32N6O8S/c1-3-39-25(34)21(29-40(36,37)20-10-8-19(38-2)9-11-20)14-27-22(32)15-31-13-12-30(16-23(31)33)18-6-4-17(5-7-18)24(26)28-35/h4-11,21,29,35H,3,12-16H2,1-2H3,(H2,26,28)(H,27,32). The highest BCUT2D eigenvalue weighted by molar-refractivity contribution is 7.89. The van der Waals surface area contributed by atoms with Crippen molar-refractivity contribution in [3.63, 3.8) is 0 Å². The van der Waals surface area contributed by atoms with Gasteiger partial charge in [0.2, 0.25) is 21.8 Å². The highest BCUT2D eigenvalue weighted by Crippen LogP contribution is 2.18. The van der Waals surface area contributed by atoms with Crippen LogP contribution in [0.3, 0.4) is 0 Å². The van der Waals surface area contributed by atoms with Gasteiger partial charge in [-0.2, -0.15) is 4.72 Å². The van der Waals surface area contributed by atoms with Gasteiger partial charge in [-0.1, -0.05) is 5.16 Å². The zero-order chi connectivity index (χ0) is 29.3. The topological polar surface area (TPSA) is 193 Å². The summed E-state index contributed by atoms with van der Waals surface area (Å²) in [5.74, 6) is -1.29. The summed E-state index contributed by atoms with van der Waals surface area (Å²) in [7, 11) is -2.68. The number of nitrogens with zero attached hydrogens (tertiary/aromatic N) is 3. The monoisotopic (exact) mass is 576 g/mol. The number of nitrogens with two attached hydrogens (primary N) is 1. The Hall–Kier alpha value is -4.37. The number of benzene rings is 2. The number of hydrogen-bond acceptors (Lipinski definition) is 10. The van der Waals surface area contributed by atoms with Crippen LogP contribution in [-0.2, 0) is 29.1 Å². The van der Waals surface area contributed by atoms with Gasteiger partial charge >= 0.3 is 5.97 Å². The maximum absolute atomic E-state index is 12.8. The van der Waals surface area contributed by atoms with Crippen molar-refractivity contribution >= 4 is 39.3 Å². The lowest BCUT2D eigenvalue weighted by atomic mass is 10.1. The Kier molecular flexibility index (Phi) is 10.3. The summed E-state index contributed by atoms with van der Waals surface area (Å²) in [6.07, 6.45) is 0. The summed E-state index contributed by atoms with van der Waals surface area (Å²) in [6.45, 7) is 1.68. The van der Waals surface area contributed by atoms with Crippen LogP contribution in [0, 0.1) is 0 Å². The van der Waals surface area contributed by atoms with E-state index in [0.29, 0.717) is 17.9 Å². The Balaban J connectivity index is 1.57. The third-order valence-corrected chi connectivity index (χ3v) is 7.52. The molecule has 0 spiro atoms. The van der Waals surface area contributed by atoms with Crippen molar-refractivity contribution in [1.82, 2.24) is 14.9 Å². The first-order valence-corrected chi connectivity index (χ1v) is 13.8. The number of anilines is 1. The van der Waals surface area contributed by atoms with Crippen molar-refractivity contribution in [3.8, 4) is 5.75 Å². The average molecular weight is 577 g/mol. The number of amidine groups is 1. The summed E-state index contributed by atoms with van der Waals surface area (Å²) >= 11 is 0. The number of piperazine rings is 1. The maximum Gasteiger partial charge on any atom is 0.326 e. The molecule has 2 aromatic rings. The molecule has 0 aliphatic carbocycles. The van der Waals surface area contributed by atoms with Gasteiger partial charge in [0.15, 0.2) is 5.84 Å². The van der Waals surface area contributed by atoms with Crippen LogP contribution in [0.5, 0.6) is 5.75 Å². The molecular weight excluding hydrogens is 544 g/mol. The van der Waals surface area contributed by atoms with Crippen LogP contribution in [0.15, 0.2) is 58.6 Å². The predicted molar refractivity (Wildman–Crippen MR) is 144 cm³/mol. The van der Waals surface area contributed by atoms with Crippen LogP contribution in [0.4, 0.5) is 5.69 Å². The van der Waals surface area contributed by atoms with E-state index >= 15 is 0 Å². The Morgan fingerprint density at radius 1 is 1.12 bits per heavy atom. The highest BCUT2D eigenvalue weighted by atomic mass is 32.2. The Morgan fingerprint density at radius 2 is 1.80 bits per heavy atom. The fourth-order valence-corrected chi connectivity index (χ4v) is 5.05. The van der Waals surface area contributed by atoms with E-state index < -0.39 is 27.9 Å². The maximum atomic E-state index is 12.8. The molecule has 15 heteroatoms. The zero-order valence-corrected chi connectivity index (χ0v) is 22.9. The highest BCUT2D eigenvalue weighted by Gasteiger charge is 2.29. The van der Waals surface area contributed by atoms with E-state index in [1.54, 1.807) is 31.2 Å². The van der Waals surface area contributed by atoms with Gasteiger partial charge in [0.05, 0.1) is 31.7 Å². The molecule has 1 heterocycles. The normalized spacial score (nSPS) is 14.9. The molecule has 1 fully saturated rings. The van der Waals surface area contributed by atoms with Gasteiger partial charge < -0.3 is 35.5 Å². The lowest BCUT2D eigenvalue weighted by molar-refractivity contribution is -0.145. The number of methoxy groups -OCH3 is 1. The van der Waals surface area contributed by atoms with E-state index in [1.807, 2.05) is 4.90 Å². The molecule has 216 valence electrons. The molecule has 1 unspecified atom stereocenters. The Bertz CT molecular complexity index is 1330. The van der Waals surface area contributed by atoms with Gasteiger partial charge in [0.1, 0.15) is 11.8 Å². The van der Waals surface area contributed by atoms with Crippen LogP contribution in [-0.4, -0.2) is 94.6 Å². The molecule has 1 atom stereocenters. The minimum absolute atomic E-state index is 0.0114. The first kappa shape index (κ1) is 30.2. The van der Waals surface area contributed by atoms with Gasteiger partial charge in [-0.05, 0) is 55.5 Å². The molecular formula is C25H32N6O8S. The number of esters is 1. The Morgan fingerprint density at radius 3 is 2.38 bits per heavy atom. The number of amides is 2. The quantitative estimate of drug-likeness (QED) is 0.0839. The predicted octanol–water partition coefficient (Wildman–Crippen LogP) is -0.535. The van der Waals surface area contributed by atoms with E-state index in [9.17, 15) is 22.8 Å². The molecule has 0 saturated carbocycles. The minimum Gasteiger partial charge on any atom is -0.497 e. The molecule has 0 aromatic heterocycles. The molecule has 0 bridgehead atoms. The molecule has 1 aliphatic rings. The van der Waals surface area contributed by atoms with E-state index in [4.69, 9.17) is 20.4 Å². The second kappa shape index (κ2) is 13.6. The number of nitrogens with one attached hydrogen (secondary N) is 2. The summed E-state index contributed by atoms with van der Waals surface area (Å²) in [5.41, 5.74) is 6.86. The molecule has 1 aliphatic heterocycles. The van der Waals surface area contributed by atoms with Crippen molar-refractivity contribution in [2.45, 2.75) is 17.9 Å². The number of oxime groups is 1. The summed E-state index contributed by atoms with van der Waals surface area (Å²) in [6, 6.07) is 11.0. The minimum atomic E-state index is -4.13. The molecule has 0 radical (unpaired) electrons. The van der Waals surface area contributed by atoms with Crippen LogP contribution in [0.2, 0.25) is 0 Å². The second-order valence-electron chi connectivity index (χ2n) is 8.67. The molecule has 40 heavy (non-hydrogen) atoms. The SMILES string of the molecule is CCOC(=O)C(CNC(=O)CN1CCN(c2ccc(/C(N)=N\O)cc2)CC1=O)NS(=O)(=O)c1ccc(OC)cc1. The summed E-state index contributed by atoms with van der Waals surface area (Å²) in [4.78, 5) is 40.9. The molecule has 2 aromatic carbocycles.